The van der Waals surface area contributed by atoms with E-state index in [4.69, 9.17) is 16.0 Å². The van der Waals surface area contributed by atoms with Gasteiger partial charge in [-0.3, -0.25) is 25.0 Å². The number of amides is 1. The summed E-state index contributed by atoms with van der Waals surface area (Å²) in [6.45, 7) is 1.55. The molecule has 28 heavy (non-hydrogen) atoms. The predicted molar refractivity (Wildman–Crippen MR) is 102 cm³/mol. The first kappa shape index (κ1) is 19.1. The number of aryl methyl sites for hydroxylation is 1. The van der Waals surface area contributed by atoms with Crippen molar-refractivity contribution in [2.75, 3.05) is 5.32 Å². The lowest BCUT2D eigenvalue weighted by molar-refractivity contribution is -0.384. The lowest BCUT2D eigenvalue weighted by atomic mass is 10.1. The summed E-state index contributed by atoms with van der Waals surface area (Å²) >= 11 is 5.77. The predicted octanol–water partition coefficient (Wildman–Crippen LogP) is 4.98. The maximum atomic E-state index is 12.6. The van der Waals surface area contributed by atoms with E-state index in [1.165, 1.54) is 36.4 Å². The Hall–Kier alpha value is -3.72. The number of carbonyl (C=O) groups is 1. The third kappa shape index (κ3) is 3.84. The Labute approximate surface area is 162 Å². The number of nitrogens with zero attached hydrogens (tertiary/aromatic N) is 2. The number of hydrogen-bond donors (Lipinski definition) is 1. The summed E-state index contributed by atoms with van der Waals surface area (Å²) in [6, 6.07) is 11.1. The number of halogens is 1. The van der Waals surface area contributed by atoms with Crippen molar-refractivity contribution in [3.63, 3.8) is 0 Å². The zero-order valence-electron chi connectivity index (χ0n) is 14.3. The Kier molecular flexibility index (Phi) is 5.10. The van der Waals surface area contributed by atoms with E-state index in [2.05, 4.69) is 5.32 Å². The second-order valence-corrected chi connectivity index (χ2v) is 6.20. The van der Waals surface area contributed by atoms with Crippen LogP contribution in [0.2, 0.25) is 5.02 Å². The van der Waals surface area contributed by atoms with Gasteiger partial charge in [0.2, 0.25) is 0 Å². The Morgan fingerprint density at radius 1 is 1.07 bits per heavy atom. The number of anilines is 1. The molecular weight excluding hydrogens is 390 g/mol. The van der Waals surface area contributed by atoms with E-state index in [1.807, 2.05) is 0 Å². The van der Waals surface area contributed by atoms with Crippen LogP contribution in [0.3, 0.4) is 0 Å². The summed E-state index contributed by atoms with van der Waals surface area (Å²) < 4.78 is 5.55. The first-order valence-corrected chi connectivity index (χ1v) is 8.24. The zero-order valence-corrected chi connectivity index (χ0v) is 15.1. The van der Waals surface area contributed by atoms with E-state index in [-0.39, 0.29) is 39.2 Å². The maximum absolute atomic E-state index is 12.6. The molecule has 1 aromatic heterocycles. The van der Waals surface area contributed by atoms with Crippen LogP contribution < -0.4 is 5.32 Å². The van der Waals surface area contributed by atoms with Gasteiger partial charge in [-0.15, -0.1) is 0 Å². The second-order valence-electron chi connectivity index (χ2n) is 5.76. The monoisotopic (exact) mass is 401 g/mol. The Morgan fingerprint density at radius 2 is 1.82 bits per heavy atom. The summed E-state index contributed by atoms with van der Waals surface area (Å²) in [4.78, 5) is 33.5. The Morgan fingerprint density at radius 3 is 2.50 bits per heavy atom. The highest BCUT2D eigenvalue weighted by atomic mass is 35.5. The molecule has 0 aliphatic carbocycles. The van der Waals surface area contributed by atoms with E-state index >= 15 is 0 Å². The molecule has 0 saturated carbocycles. The van der Waals surface area contributed by atoms with Crippen LogP contribution in [0.4, 0.5) is 17.1 Å². The van der Waals surface area contributed by atoms with Crippen molar-refractivity contribution in [3.05, 3.63) is 85.1 Å². The minimum absolute atomic E-state index is 0.0168. The highest BCUT2D eigenvalue weighted by molar-refractivity contribution is 6.31. The van der Waals surface area contributed by atoms with Crippen molar-refractivity contribution in [1.29, 1.82) is 0 Å². The molecule has 0 aliphatic rings. The van der Waals surface area contributed by atoms with Crippen LogP contribution in [0.1, 0.15) is 16.1 Å². The third-order valence-electron chi connectivity index (χ3n) is 3.91. The average molecular weight is 402 g/mol. The number of non-ortho nitro benzene ring substituents is 1. The minimum Gasteiger partial charge on any atom is -0.461 e. The molecule has 9 nitrogen and oxygen atoms in total. The van der Waals surface area contributed by atoms with Crippen LogP contribution in [0, 0.1) is 27.2 Å². The molecule has 1 heterocycles. The smallest absolute Gasteiger partial charge is 0.294 e. The standard InChI is InChI=1S/C18H12ClN3O6/c1-10-14(9-17(28-10)11-3-2-4-13(7-11)21(24)25)18(23)20-15-6-5-12(19)8-16(15)22(26)27/h2-9H,1H3,(H,20,23). The highest BCUT2D eigenvalue weighted by Gasteiger charge is 2.21. The van der Waals surface area contributed by atoms with Gasteiger partial charge in [0.05, 0.1) is 15.4 Å². The van der Waals surface area contributed by atoms with Gasteiger partial charge in [-0.2, -0.15) is 0 Å². The van der Waals surface area contributed by atoms with E-state index in [0.717, 1.165) is 6.07 Å². The normalized spacial score (nSPS) is 10.5. The summed E-state index contributed by atoms with van der Waals surface area (Å²) in [6.07, 6.45) is 0. The van der Waals surface area contributed by atoms with Crippen molar-refractivity contribution in [2.24, 2.45) is 0 Å². The van der Waals surface area contributed by atoms with Gasteiger partial charge in [0, 0.05) is 28.8 Å². The van der Waals surface area contributed by atoms with E-state index in [0.29, 0.717) is 5.56 Å². The summed E-state index contributed by atoms with van der Waals surface area (Å²) in [5.41, 5.74) is 0.0896. The molecule has 1 N–H and O–H groups in total. The summed E-state index contributed by atoms with van der Waals surface area (Å²) in [5.74, 6) is -0.101. The van der Waals surface area contributed by atoms with E-state index < -0.39 is 15.8 Å². The van der Waals surface area contributed by atoms with Crippen LogP contribution in [-0.4, -0.2) is 15.8 Å². The molecular formula is C18H12ClN3O6. The topological polar surface area (TPSA) is 129 Å². The Bertz CT molecular complexity index is 1110. The SMILES string of the molecule is Cc1oc(-c2cccc([N+](=O)[O-])c2)cc1C(=O)Nc1ccc(Cl)cc1[N+](=O)[O-]. The molecule has 10 heteroatoms. The summed E-state index contributed by atoms with van der Waals surface area (Å²) in [7, 11) is 0. The molecule has 3 rings (SSSR count). The highest BCUT2D eigenvalue weighted by Crippen LogP contribution is 2.31. The van der Waals surface area contributed by atoms with Crippen LogP contribution >= 0.6 is 11.6 Å². The number of hydrogen-bond acceptors (Lipinski definition) is 6. The van der Waals surface area contributed by atoms with Gasteiger partial charge in [0.1, 0.15) is 17.2 Å². The van der Waals surface area contributed by atoms with Crippen LogP contribution in [0.15, 0.2) is 52.9 Å². The fraction of sp³-hybridized carbons (Fsp3) is 0.0556. The van der Waals surface area contributed by atoms with Gasteiger partial charge in [0.25, 0.3) is 17.3 Å². The fourth-order valence-electron chi connectivity index (χ4n) is 2.57. The molecule has 142 valence electrons. The largest absolute Gasteiger partial charge is 0.461 e. The minimum atomic E-state index is -0.655. The fourth-order valence-corrected chi connectivity index (χ4v) is 2.74. The third-order valence-corrected chi connectivity index (χ3v) is 4.14. The molecule has 1 amide bonds. The number of nitrogens with one attached hydrogen (secondary N) is 1. The lowest BCUT2D eigenvalue weighted by Crippen LogP contribution is -2.13. The molecule has 0 spiro atoms. The number of nitro benzene ring substituents is 2. The molecule has 2 aromatic carbocycles. The van der Waals surface area contributed by atoms with Crippen LogP contribution in [0.25, 0.3) is 11.3 Å². The van der Waals surface area contributed by atoms with Crippen LogP contribution in [-0.2, 0) is 0 Å². The zero-order chi connectivity index (χ0) is 20.4. The molecule has 0 unspecified atom stereocenters. The number of rotatable bonds is 5. The quantitative estimate of drug-likeness (QED) is 0.474. The lowest BCUT2D eigenvalue weighted by Gasteiger charge is -2.05. The first-order valence-electron chi connectivity index (χ1n) is 7.87. The summed E-state index contributed by atoms with van der Waals surface area (Å²) in [5, 5.41) is 24.7. The van der Waals surface area contributed by atoms with E-state index in [1.54, 1.807) is 13.0 Å². The second kappa shape index (κ2) is 7.49. The Balaban J connectivity index is 1.92. The van der Waals surface area contributed by atoms with Gasteiger partial charge < -0.3 is 9.73 Å². The molecule has 0 atom stereocenters. The molecule has 0 radical (unpaired) electrons. The van der Waals surface area contributed by atoms with Crippen molar-refractivity contribution in [3.8, 4) is 11.3 Å². The van der Waals surface area contributed by atoms with E-state index in [9.17, 15) is 25.0 Å². The van der Waals surface area contributed by atoms with Crippen LogP contribution in [0.5, 0.6) is 0 Å². The van der Waals surface area contributed by atoms with Crippen molar-refractivity contribution in [1.82, 2.24) is 0 Å². The van der Waals surface area contributed by atoms with Gasteiger partial charge in [-0.05, 0) is 25.1 Å². The number of nitro groups is 2. The van der Waals surface area contributed by atoms with Gasteiger partial charge >= 0.3 is 0 Å². The van der Waals surface area contributed by atoms with Gasteiger partial charge in [-0.25, -0.2) is 0 Å². The number of furan rings is 1. The number of benzene rings is 2. The molecule has 0 aliphatic heterocycles. The molecule has 3 aromatic rings. The van der Waals surface area contributed by atoms with Gasteiger partial charge in [-0.1, -0.05) is 23.7 Å². The molecule has 0 saturated heterocycles. The average Bonchev–Trinajstić information content (AvgIpc) is 3.05. The van der Waals surface area contributed by atoms with Crippen molar-refractivity contribution >= 4 is 34.6 Å². The number of carbonyl (C=O) groups excluding carboxylic acids is 1. The first-order chi connectivity index (χ1) is 13.3. The maximum Gasteiger partial charge on any atom is 0.294 e. The molecule has 0 fully saturated rings. The van der Waals surface area contributed by atoms with Crippen molar-refractivity contribution < 1.29 is 19.1 Å². The molecule has 0 bridgehead atoms. The van der Waals surface area contributed by atoms with Crippen molar-refractivity contribution in [2.45, 2.75) is 6.92 Å². The van der Waals surface area contributed by atoms with Gasteiger partial charge in [0.15, 0.2) is 0 Å².